The molecule has 0 spiro atoms. The molecule has 1 saturated heterocycles. The molecule has 1 N–H and O–H groups in total. The largest absolute Gasteiger partial charge is 0.417 e. The highest BCUT2D eigenvalue weighted by Crippen LogP contribution is 2.35. The molecule has 11 heteroatoms. The van der Waals surface area contributed by atoms with Crippen LogP contribution in [0.25, 0.3) is 0 Å². The minimum absolute atomic E-state index is 0.402. The predicted molar refractivity (Wildman–Crippen MR) is 111 cm³/mol. The topological polar surface area (TPSA) is 69.7 Å². The van der Waals surface area contributed by atoms with Crippen LogP contribution < -0.4 is 9.62 Å². The van der Waals surface area contributed by atoms with Crippen LogP contribution in [-0.2, 0) is 21.0 Å². The zero-order valence-corrected chi connectivity index (χ0v) is 18.1. The fraction of sp³-hybridized carbons (Fsp3) is 0.350. The summed E-state index contributed by atoms with van der Waals surface area (Å²) in [5, 5.41) is -0.605. The molecule has 3 rings (SSSR count). The molecule has 1 heterocycles. The van der Waals surface area contributed by atoms with Gasteiger partial charge in [0, 0.05) is 31.9 Å². The minimum Gasteiger partial charge on any atom is -0.368 e. The second kappa shape index (κ2) is 9.05. The highest BCUT2D eigenvalue weighted by molar-refractivity contribution is 7.89. The van der Waals surface area contributed by atoms with Crippen molar-refractivity contribution in [1.29, 1.82) is 0 Å². The van der Waals surface area contributed by atoms with Gasteiger partial charge in [0.15, 0.2) is 0 Å². The van der Waals surface area contributed by atoms with E-state index in [9.17, 15) is 26.4 Å². The van der Waals surface area contributed by atoms with E-state index in [1.165, 1.54) is 11.8 Å². The zero-order valence-electron chi connectivity index (χ0n) is 16.6. The lowest BCUT2D eigenvalue weighted by Gasteiger charge is -2.37. The number of halogens is 4. The minimum atomic E-state index is -4.80. The zero-order chi connectivity index (χ0) is 22.8. The van der Waals surface area contributed by atoms with Gasteiger partial charge < -0.3 is 9.80 Å². The monoisotopic (exact) mass is 475 g/mol. The van der Waals surface area contributed by atoms with Crippen LogP contribution in [0.1, 0.15) is 12.5 Å². The normalized spacial score (nSPS) is 16.3. The molecule has 0 aliphatic carbocycles. The number of carbonyl (C=O) groups is 1. The van der Waals surface area contributed by atoms with E-state index < -0.39 is 43.6 Å². The molecular weight excluding hydrogens is 455 g/mol. The molecule has 0 bridgehead atoms. The summed E-state index contributed by atoms with van der Waals surface area (Å²) in [6.45, 7) is 3.34. The number of rotatable bonds is 5. The van der Waals surface area contributed by atoms with E-state index in [2.05, 4.69) is 9.62 Å². The van der Waals surface area contributed by atoms with Crippen LogP contribution >= 0.6 is 11.6 Å². The average Bonchev–Trinajstić information content (AvgIpc) is 2.73. The van der Waals surface area contributed by atoms with Crippen LogP contribution in [0.4, 0.5) is 18.9 Å². The molecule has 0 radical (unpaired) electrons. The van der Waals surface area contributed by atoms with Crippen molar-refractivity contribution in [3.05, 3.63) is 59.1 Å². The molecule has 1 aliphatic rings. The summed E-state index contributed by atoms with van der Waals surface area (Å²) in [4.78, 5) is 15.8. The Kier molecular flexibility index (Phi) is 6.82. The SMILES string of the molecule is C[C@@H](NS(=O)(=O)c1ccc(Cl)c(C(F)(F)F)c1)C(=O)N1CCN(c2ccccc2)CC1. The molecule has 0 aromatic heterocycles. The molecule has 168 valence electrons. The number of para-hydroxylation sites is 1. The highest BCUT2D eigenvalue weighted by Gasteiger charge is 2.35. The Morgan fingerprint density at radius 2 is 1.68 bits per heavy atom. The lowest BCUT2D eigenvalue weighted by Crippen LogP contribution is -2.54. The summed E-state index contributed by atoms with van der Waals surface area (Å²) in [7, 11) is -4.36. The van der Waals surface area contributed by atoms with Gasteiger partial charge in [-0.3, -0.25) is 4.79 Å². The van der Waals surface area contributed by atoms with Gasteiger partial charge in [-0.15, -0.1) is 0 Å². The number of amides is 1. The van der Waals surface area contributed by atoms with Crippen molar-refractivity contribution in [2.24, 2.45) is 0 Å². The molecule has 1 aliphatic heterocycles. The third-order valence-corrected chi connectivity index (χ3v) is 6.84. The van der Waals surface area contributed by atoms with E-state index >= 15 is 0 Å². The quantitative estimate of drug-likeness (QED) is 0.720. The maximum absolute atomic E-state index is 13.0. The first kappa shape index (κ1) is 23.4. The highest BCUT2D eigenvalue weighted by atomic mass is 35.5. The number of benzene rings is 2. The third kappa shape index (κ3) is 5.50. The van der Waals surface area contributed by atoms with Gasteiger partial charge in [0.1, 0.15) is 0 Å². The second-order valence-electron chi connectivity index (χ2n) is 7.13. The molecule has 0 unspecified atom stereocenters. The smallest absolute Gasteiger partial charge is 0.368 e. The fourth-order valence-electron chi connectivity index (χ4n) is 3.34. The number of hydrogen-bond donors (Lipinski definition) is 1. The maximum Gasteiger partial charge on any atom is 0.417 e. The Hall–Kier alpha value is -2.30. The van der Waals surface area contributed by atoms with Gasteiger partial charge in [-0.1, -0.05) is 29.8 Å². The van der Waals surface area contributed by atoms with Gasteiger partial charge in [0.25, 0.3) is 0 Å². The molecule has 1 fully saturated rings. The number of piperazine rings is 1. The van der Waals surface area contributed by atoms with Crippen LogP contribution in [0.5, 0.6) is 0 Å². The first-order valence-electron chi connectivity index (χ1n) is 9.47. The van der Waals surface area contributed by atoms with Gasteiger partial charge in [0.05, 0.1) is 21.5 Å². The summed E-state index contributed by atoms with van der Waals surface area (Å²) in [6, 6.07) is 10.8. The van der Waals surface area contributed by atoms with E-state index in [0.29, 0.717) is 32.2 Å². The molecule has 6 nitrogen and oxygen atoms in total. The van der Waals surface area contributed by atoms with E-state index in [1.807, 2.05) is 30.3 Å². The number of anilines is 1. The number of nitrogens with one attached hydrogen (secondary N) is 1. The van der Waals surface area contributed by atoms with Crippen LogP contribution in [0, 0.1) is 0 Å². The molecule has 2 aromatic rings. The first-order chi connectivity index (χ1) is 14.5. The molecule has 1 atom stereocenters. The Morgan fingerprint density at radius 3 is 2.26 bits per heavy atom. The summed E-state index contributed by atoms with van der Waals surface area (Å²) in [6.07, 6.45) is -4.80. The number of nitrogens with zero attached hydrogens (tertiary/aromatic N) is 2. The van der Waals surface area contributed by atoms with Gasteiger partial charge in [-0.2, -0.15) is 17.9 Å². The van der Waals surface area contributed by atoms with Crippen molar-refractivity contribution in [3.63, 3.8) is 0 Å². The van der Waals surface area contributed by atoms with Gasteiger partial charge in [0.2, 0.25) is 15.9 Å². The van der Waals surface area contributed by atoms with Gasteiger partial charge >= 0.3 is 6.18 Å². The molecule has 2 aromatic carbocycles. The van der Waals surface area contributed by atoms with Crippen molar-refractivity contribution in [2.75, 3.05) is 31.1 Å². The average molecular weight is 476 g/mol. The van der Waals surface area contributed by atoms with Crippen LogP contribution in [0.3, 0.4) is 0 Å². The Balaban J connectivity index is 1.66. The van der Waals surface area contributed by atoms with Crippen molar-refractivity contribution < 1.29 is 26.4 Å². The summed E-state index contributed by atoms with van der Waals surface area (Å²) in [5.41, 5.74) is -0.223. The lowest BCUT2D eigenvalue weighted by molar-refractivity contribution is -0.137. The first-order valence-corrected chi connectivity index (χ1v) is 11.3. The third-order valence-electron chi connectivity index (χ3n) is 4.97. The molecular formula is C20H21ClF3N3O3S. The Bertz CT molecular complexity index is 1040. The van der Waals surface area contributed by atoms with Gasteiger partial charge in [-0.05, 0) is 37.3 Å². The summed E-state index contributed by atoms with van der Waals surface area (Å²) in [5.74, 6) is -0.443. The molecule has 0 saturated carbocycles. The van der Waals surface area contributed by atoms with E-state index in [-0.39, 0.29) is 0 Å². The van der Waals surface area contributed by atoms with E-state index in [0.717, 1.165) is 17.8 Å². The summed E-state index contributed by atoms with van der Waals surface area (Å²) >= 11 is 5.54. The molecule has 31 heavy (non-hydrogen) atoms. The van der Waals surface area contributed by atoms with Crippen molar-refractivity contribution in [2.45, 2.75) is 24.0 Å². The van der Waals surface area contributed by atoms with Gasteiger partial charge in [-0.25, -0.2) is 8.42 Å². The number of sulfonamides is 1. The Labute approximate surface area is 183 Å². The van der Waals surface area contributed by atoms with Crippen LogP contribution in [-0.4, -0.2) is 51.4 Å². The summed E-state index contributed by atoms with van der Waals surface area (Å²) < 4.78 is 66.4. The maximum atomic E-state index is 13.0. The molecule has 1 amide bonds. The number of alkyl halides is 3. The van der Waals surface area contributed by atoms with Crippen LogP contribution in [0.15, 0.2) is 53.4 Å². The van der Waals surface area contributed by atoms with Crippen LogP contribution in [0.2, 0.25) is 5.02 Å². The Morgan fingerprint density at radius 1 is 1.06 bits per heavy atom. The van der Waals surface area contributed by atoms with E-state index in [1.54, 1.807) is 0 Å². The van der Waals surface area contributed by atoms with E-state index in [4.69, 9.17) is 11.6 Å². The number of hydrogen-bond acceptors (Lipinski definition) is 4. The predicted octanol–water partition coefficient (Wildman–Crippen LogP) is 3.37. The van der Waals surface area contributed by atoms with Crippen molar-refractivity contribution in [1.82, 2.24) is 9.62 Å². The second-order valence-corrected chi connectivity index (χ2v) is 9.25. The fourth-order valence-corrected chi connectivity index (χ4v) is 4.78. The van der Waals surface area contributed by atoms with Crippen molar-refractivity contribution in [3.8, 4) is 0 Å². The lowest BCUT2D eigenvalue weighted by atomic mass is 10.2. The number of carbonyl (C=O) groups excluding carboxylic acids is 1. The van der Waals surface area contributed by atoms with Crippen molar-refractivity contribution >= 4 is 33.2 Å². The standard InChI is InChI=1S/C20H21ClF3N3O3S/c1-14(19(28)27-11-9-26(10-12-27)15-5-3-2-4-6-15)25-31(29,30)16-7-8-18(21)17(13-16)20(22,23)24/h2-8,13-14,25H,9-12H2,1H3/t14-/m1/s1.